The maximum atomic E-state index is 3.66. The molecule has 0 radical (unpaired) electrons. The van der Waals surface area contributed by atoms with Gasteiger partial charge < -0.3 is 5.32 Å². The van der Waals surface area contributed by atoms with E-state index in [-0.39, 0.29) is 0 Å². The largest absolute Gasteiger partial charge is 0.308 e. The summed E-state index contributed by atoms with van der Waals surface area (Å²) in [5, 5.41) is 4.47. The lowest BCUT2D eigenvalue weighted by molar-refractivity contribution is 0.585. The van der Waals surface area contributed by atoms with Crippen LogP contribution in [0.25, 0.3) is 0 Å². The Kier molecular flexibility index (Phi) is 5.07. The number of rotatable bonds is 4. The summed E-state index contributed by atoms with van der Waals surface area (Å²) in [5.74, 6) is 3.97. The molecule has 2 atom stereocenters. The van der Waals surface area contributed by atoms with Crippen molar-refractivity contribution >= 4 is 34.9 Å². The Bertz CT molecular complexity index is 318. The van der Waals surface area contributed by atoms with E-state index in [0.717, 1.165) is 11.8 Å². The Balaban J connectivity index is 1.76. The van der Waals surface area contributed by atoms with E-state index < -0.39 is 0 Å². The molecule has 1 aromatic heterocycles. The van der Waals surface area contributed by atoms with Crippen LogP contribution >= 0.6 is 34.9 Å². The molecule has 16 heavy (non-hydrogen) atoms. The summed E-state index contributed by atoms with van der Waals surface area (Å²) in [6.07, 6.45) is 0. The second-order valence-electron chi connectivity index (χ2n) is 4.15. The van der Waals surface area contributed by atoms with E-state index in [9.17, 15) is 0 Å². The second kappa shape index (κ2) is 6.34. The van der Waals surface area contributed by atoms with Gasteiger partial charge >= 0.3 is 0 Å². The lowest BCUT2D eigenvalue weighted by atomic mass is 10.2. The molecule has 1 N–H and O–H groups in total. The van der Waals surface area contributed by atoms with Crippen molar-refractivity contribution < 1.29 is 0 Å². The maximum absolute atomic E-state index is 3.66. The summed E-state index contributed by atoms with van der Waals surface area (Å²) >= 11 is 6.13. The Morgan fingerprint density at radius 1 is 1.44 bits per heavy atom. The van der Waals surface area contributed by atoms with Crippen LogP contribution in [0.4, 0.5) is 0 Å². The van der Waals surface area contributed by atoms with Gasteiger partial charge in [0.15, 0.2) is 0 Å². The van der Waals surface area contributed by atoms with Crippen LogP contribution < -0.4 is 5.32 Å². The van der Waals surface area contributed by atoms with Crippen LogP contribution in [0, 0.1) is 6.92 Å². The minimum atomic E-state index is 0.506. The van der Waals surface area contributed by atoms with Crippen LogP contribution in [-0.4, -0.2) is 29.1 Å². The number of nitrogens with one attached hydrogen (secondary N) is 1. The molecule has 0 aliphatic carbocycles. The van der Waals surface area contributed by atoms with Gasteiger partial charge in [-0.05, 0) is 26.0 Å². The first-order valence-corrected chi connectivity index (χ1v) is 8.77. The molecule has 4 heteroatoms. The van der Waals surface area contributed by atoms with Gasteiger partial charge in [0, 0.05) is 44.8 Å². The van der Waals surface area contributed by atoms with Crippen molar-refractivity contribution in [3.05, 3.63) is 21.9 Å². The van der Waals surface area contributed by atoms with E-state index in [1.807, 2.05) is 11.3 Å². The molecule has 90 valence electrons. The molecule has 0 amide bonds. The van der Waals surface area contributed by atoms with Crippen molar-refractivity contribution in [3.8, 4) is 0 Å². The first-order chi connectivity index (χ1) is 7.75. The summed E-state index contributed by atoms with van der Waals surface area (Å²) in [6.45, 7) is 5.59. The standard InChI is InChI=1S/C12H19NS3/c1-9-3-4-12(16-9)10(2)13-7-11-8-14-5-6-15-11/h3-4,10-11,13H,5-8H2,1-2H3. The molecule has 1 aliphatic heterocycles. The summed E-state index contributed by atoms with van der Waals surface area (Å²) in [6, 6.07) is 4.97. The van der Waals surface area contributed by atoms with Gasteiger partial charge in [-0.25, -0.2) is 0 Å². The minimum absolute atomic E-state index is 0.506. The average Bonchev–Trinajstić information content (AvgIpc) is 2.74. The van der Waals surface area contributed by atoms with Crippen LogP contribution in [0.2, 0.25) is 0 Å². The Morgan fingerprint density at radius 2 is 2.31 bits per heavy atom. The number of hydrogen-bond acceptors (Lipinski definition) is 4. The van der Waals surface area contributed by atoms with Gasteiger partial charge in [0.25, 0.3) is 0 Å². The van der Waals surface area contributed by atoms with Gasteiger partial charge in [-0.15, -0.1) is 11.3 Å². The van der Waals surface area contributed by atoms with E-state index in [2.05, 4.69) is 54.8 Å². The zero-order valence-electron chi connectivity index (χ0n) is 9.86. The molecular weight excluding hydrogens is 254 g/mol. The molecule has 0 bridgehead atoms. The van der Waals surface area contributed by atoms with E-state index in [1.165, 1.54) is 27.0 Å². The first-order valence-electron chi connectivity index (χ1n) is 5.75. The monoisotopic (exact) mass is 273 g/mol. The predicted molar refractivity (Wildman–Crippen MR) is 79.0 cm³/mol. The smallest absolute Gasteiger partial charge is 0.0386 e. The van der Waals surface area contributed by atoms with E-state index in [1.54, 1.807) is 0 Å². The van der Waals surface area contributed by atoms with Crippen LogP contribution in [-0.2, 0) is 0 Å². The molecule has 2 unspecified atom stereocenters. The third kappa shape index (κ3) is 3.69. The van der Waals surface area contributed by atoms with Gasteiger partial charge in [0.1, 0.15) is 0 Å². The normalized spacial score (nSPS) is 23.2. The Labute approximate surface area is 111 Å². The third-order valence-electron chi connectivity index (χ3n) is 2.72. The van der Waals surface area contributed by atoms with Crippen molar-refractivity contribution in [2.75, 3.05) is 23.8 Å². The van der Waals surface area contributed by atoms with Crippen molar-refractivity contribution in [2.24, 2.45) is 0 Å². The van der Waals surface area contributed by atoms with E-state index in [0.29, 0.717) is 6.04 Å². The molecule has 1 aromatic rings. The molecule has 1 saturated heterocycles. The fraction of sp³-hybridized carbons (Fsp3) is 0.667. The zero-order valence-corrected chi connectivity index (χ0v) is 12.3. The molecule has 1 fully saturated rings. The van der Waals surface area contributed by atoms with Crippen molar-refractivity contribution in [1.82, 2.24) is 5.32 Å². The second-order valence-corrected chi connectivity index (χ2v) is 8.02. The lowest BCUT2D eigenvalue weighted by Crippen LogP contribution is -2.30. The number of aryl methyl sites for hydroxylation is 1. The highest BCUT2D eigenvalue weighted by molar-refractivity contribution is 8.06. The summed E-state index contributed by atoms with van der Waals surface area (Å²) in [7, 11) is 0. The van der Waals surface area contributed by atoms with Gasteiger partial charge in [-0.2, -0.15) is 23.5 Å². The Hall–Kier alpha value is 0.360. The fourth-order valence-corrected chi connectivity index (χ4v) is 5.28. The highest BCUT2D eigenvalue weighted by Crippen LogP contribution is 2.25. The van der Waals surface area contributed by atoms with Gasteiger partial charge in [0.2, 0.25) is 0 Å². The van der Waals surface area contributed by atoms with Gasteiger partial charge in [-0.3, -0.25) is 0 Å². The van der Waals surface area contributed by atoms with Crippen molar-refractivity contribution in [2.45, 2.75) is 25.1 Å². The zero-order chi connectivity index (χ0) is 11.4. The first kappa shape index (κ1) is 12.8. The quantitative estimate of drug-likeness (QED) is 0.901. The number of hydrogen-bond donors (Lipinski definition) is 1. The minimum Gasteiger partial charge on any atom is -0.308 e. The van der Waals surface area contributed by atoms with Crippen LogP contribution in [0.15, 0.2) is 12.1 Å². The van der Waals surface area contributed by atoms with Gasteiger partial charge in [-0.1, -0.05) is 0 Å². The van der Waals surface area contributed by atoms with E-state index >= 15 is 0 Å². The molecule has 2 rings (SSSR count). The number of thioether (sulfide) groups is 2. The van der Waals surface area contributed by atoms with Crippen LogP contribution in [0.5, 0.6) is 0 Å². The molecule has 1 aliphatic rings. The summed E-state index contributed by atoms with van der Waals surface area (Å²) in [4.78, 5) is 2.87. The summed E-state index contributed by atoms with van der Waals surface area (Å²) in [5.41, 5.74) is 0. The molecular formula is C12H19NS3. The average molecular weight is 273 g/mol. The fourth-order valence-electron chi connectivity index (χ4n) is 1.75. The van der Waals surface area contributed by atoms with Gasteiger partial charge in [0.05, 0.1) is 0 Å². The van der Waals surface area contributed by atoms with Crippen LogP contribution in [0.1, 0.15) is 22.7 Å². The molecule has 2 heterocycles. The maximum Gasteiger partial charge on any atom is 0.0386 e. The molecule has 1 nitrogen and oxygen atoms in total. The molecule has 0 spiro atoms. The van der Waals surface area contributed by atoms with Crippen LogP contribution in [0.3, 0.4) is 0 Å². The van der Waals surface area contributed by atoms with Crippen molar-refractivity contribution in [3.63, 3.8) is 0 Å². The topological polar surface area (TPSA) is 12.0 Å². The lowest BCUT2D eigenvalue weighted by Gasteiger charge is -2.23. The Morgan fingerprint density at radius 3 is 2.94 bits per heavy atom. The highest BCUT2D eigenvalue weighted by atomic mass is 32.2. The molecule has 0 aromatic carbocycles. The SMILES string of the molecule is Cc1ccc(C(C)NCC2CSCCS2)s1. The van der Waals surface area contributed by atoms with E-state index in [4.69, 9.17) is 0 Å². The third-order valence-corrected chi connectivity index (χ3v) is 6.75. The highest BCUT2D eigenvalue weighted by Gasteiger charge is 2.15. The predicted octanol–water partition coefficient (Wildman–Crippen LogP) is 3.56. The van der Waals surface area contributed by atoms with Crippen molar-refractivity contribution in [1.29, 1.82) is 0 Å². The summed E-state index contributed by atoms with van der Waals surface area (Å²) < 4.78 is 0. The molecule has 0 saturated carbocycles. The number of thiophene rings is 1.